The van der Waals surface area contributed by atoms with Crippen molar-refractivity contribution >= 4 is 34.1 Å². The van der Waals surface area contributed by atoms with Crippen molar-refractivity contribution in [2.24, 2.45) is 0 Å². The van der Waals surface area contributed by atoms with Crippen LogP contribution in [0.1, 0.15) is 11.1 Å². The van der Waals surface area contributed by atoms with Crippen molar-refractivity contribution in [1.29, 1.82) is 5.26 Å². The molecular formula is C10H7NS2. The van der Waals surface area contributed by atoms with Crippen LogP contribution in [0.2, 0.25) is 0 Å². The molecule has 2 aromatic rings. The average Bonchev–Trinajstić information content (AvgIpc) is 2.54. The Labute approximate surface area is 86.0 Å². The number of thiol groups is 1. The van der Waals surface area contributed by atoms with Crippen LogP contribution in [0.3, 0.4) is 0 Å². The Balaban J connectivity index is 2.98. The fourth-order valence-corrected chi connectivity index (χ4v) is 2.51. The van der Waals surface area contributed by atoms with E-state index in [1.807, 2.05) is 24.4 Å². The topological polar surface area (TPSA) is 23.8 Å². The molecule has 0 radical (unpaired) electrons. The number of thiophene rings is 1. The summed E-state index contributed by atoms with van der Waals surface area (Å²) in [5.41, 5.74) is 1.72. The van der Waals surface area contributed by atoms with Gasteiger partial charge < -0.3 is 0 Å². The summed E-state index contributed by atoms with van der Waals surface area (Å²) < 4.78 is 1.13. The zero-order chi connectivity index (χ0) is 9.42. The van der Waals surface area contributed by atoms with Gasteiger partial charge in [-0.15, -0.1) is 24.0 Å². The van der Waals surface area contributed by atoms with Crippen molar-refractivity contribution < 1.29 is 0 Å². The Morgan fingerprint density at radius 1 is 1.54 bits per heavy atom. The molecular weight excluding hydrogens is 198 g/mol. The maximum Gasteiger partial charge on any atom is 0.100 e. The van der Waals surface area contributed by atoms with Crippen molar-refractivity contribution in [3.8, 4) is 6.07 Å². The van der Waals surface area contributed by atoms with Gasteiger partial charge in [0.2, 0.25) is 0 Å². The molecule has 0 N–H and O–H groups in total. The predicted octanol–water partition coefficient (Wildman–Crippen LogP) is 3.37. The zero-order valence-electron chi connectivity index (χ0n) is 7.03. The van der Waals surface area contributed by atoms with Crippen LogP contribution in [-0.2, 0) is 0 Å². The Bertz CT molecular complexity index is 505. The summed E-state index contributed by atoms with van der Waals surface area (Å²) >= 11 is 5.97. The molecule has 3 heteroatoms. The molecule has 0 spiro atoms. The summed E-state index contributed by atoms with van der Waals surface area (Å²) in [4.78, 5) is 0.895. The van der Waals surface area contributed by atoms with E-state index in [2.05, 4.69) is 18.7 Å². The molecule has 2 rings (SSSR count). The van der Waals surface area contributed by atoms with E-state index >= 15 is 0 Å². The van der Waals surface area contributed by atoms with Gasteiger partial charge in [0.05, 0.1) is 5.56 Å². The van der Waals surface area contributed by atoms with Gasteiger partial charge in [0.1, 0.15) is 6.07 Å². The Morgan fingerprint density at radius 2 is 2.31 bits per heavy atom. The van der Waals surface area contributed by atoms with Gasteiger partial charge in [-0.1, -0.05) is 0 Å². The van der Waals surface area contributed by atoms with Gasteiger partial charge in [-0.25, -0.2) is 0 Å². The third-order valence-corrected chi connectivity index (χ3v) is 3.43. The third kappa shape index (κ3) is 1.23. The maximum atomic E-state index is 8.98. The first-order valence-electron chi connectivity index (χ1n) is 3.84. The van der Waals surface area contributed by atoms with Crippen LogP contribution in [0.4, 0.5) is 0 Å². The highest BCUT2D eigenvalue weighted by molar-refractivity contribution is 7.80. The normalized spacial score (nSPS) is 10.2. The maximum absolute atomic E-state index is 8.98. The number of rotatable bonds is 0. The summed E-state index contributed by atoms with van der Waals surface area (Å²) in [6.07, 6.45) is 0. The minimum atomic E-state index is 0.753. The molecule has 0 atom stereocenters. The van der Waals surface area contributed by atoms with Crippen molar-refractivity contribution in [3.05, 3.63) is 28.6 Å². The van der Waals surface area contributed by atoms with Crippen LogP contribution in [0.25, 0.3) is 10.1 Å². The number of fused-ring (bicyclic) bond motifs is 1. The van der Waals surface area contributed by atoms with E-state index in [1.54, 1.807) is 11.3 Å². The zero-order valence-corrected chi connectivity index (χ0v) is 8.75. The second-order valence-electron chi connectivity index (χ2n) is 2.84. The molecule has 1 aromatic heterocycles. The highest BCUT2D eigenvalue weighted by Crippen LogP contribution is 2.30. The predicted molar refractivity (Wildman–Crippen MR) is 58.5 cm³/mol. The Hall–Kier alpha value is -0.980. The van der Waals surface area contributed by atoms with Crippen molar-refractivity contribution in [3.63, 3.8) is 0 Å². The molecule has 13 heavy (non-hydrogen) atoms. The van der Waals surface area contributed by atoms with Gasteiger partial charge in [-0.2, -0.15) is 5.26 Å². The summed E-state index contributed by atoms with van der Waals surface area (Å²) in [5.74, 6) is 0. The molecule has 0 aliphatic carbocycles. The van der Waals surface area contributed by atoms with E-state index < -0.39 is 0 Å². The van der Waals surface area contributed by atoms with Crippen LogP contribution in [0.15, 0.2) is 22.4 Å². The van der Waals surface area contributed by atoms with Gasteiger partial charge in [-0.3, -0.25) is 0 Å². The van der Waals surface area contributed by atoms with E-state index in [0.717, 1.165) is 26.1 Å². The number of hydrogen-bond donors (Lipinski definition) is 1. The fraction of sp³-hybridized carbons (Fsp3) is 0.100. The first kappa shape index (κ1) is 8.61. The Kier molecular flexibility index (Phi) is 2.03. The second-order valence-corrected chi connectivity index (χ2v) is 4.27. The molecule has 0 saturated heterocycles. The van der Waals surface area contributed by atoms with E-state index in [4.69, 9.17) is 5.26 Å². The fourth-order valence-electron chi connectivity index (χ4n) is 1.35. The Morgan fingerprint density at radius 3 is 3.00 bits per heavy atom. The first-order chi connectivity index (χ1) is 6.24. The largest absolute Gasteiger partial charge is 0.192 e. The van der Waals surface area contributed by atoms with Crippen LogP contribution < -0.4 is 0 Å². The molecule has 1 heterocycles. The number of nitriles is 1. The standard InChI is InChI=1S/C10H7NS2/c1-6-8(5-11)7-2-3-13-10(7)4-9(6)12/h2-4,12H,1H3. The average molecular weight is 205 g/mol. The molecule has 1 aromatic carbocycles. The monoisotopic (exact) mass is 205 g/mol. The molecule has 0 unspecified atom stereocenters. The van der Waals surface area contributed by atoms with Gasteiger partial charge in [0.25, 0.3) is 0 Å². The molecule has 0 saturated carbocycles. The quantitative estimate of drug-likeness (QED) is 0.655. The number of benzene rings is 1. The SMILES string of the molecule is Cc1c(S)cc2sccc2c1C#N. The van der Waals surface area contributed by atoms with Crippen LogP contribution in [-0.4, -0.2) is 0 Å². The molecule has 0 aliphatic heterocycles. The van der Waals surface area contributed by atoms with Crippen molar-refractivity contribution in [2.75, 3.05) is 0 Å². The minimum Gasteiger partial charge on any atom is -0.192 e. The van der Waals surface area contributed by atoms with E-state index in [-0.39, 0.29) is 0 Å². The van der Waals surface area contributed by atoms with Gasteiger partial charge in [0.15, 0.2) is 0 Å². The van der Waals surface area contributed by atoms with E-state index in [1.165, 1.54) is 0 Å². The van der Waals surface area contributed by atoms with Gasteiger partial charge in [0, 0.05) is 15.0 Å². The molecule has 0 bridgehead atoms. The summed E-state index contributed by atoms with van der Waals surface area (Å²) in [5, 5.41) is 12.0. The summed E-state index contributed by atoms with van der Waals surface area (Å²) in [6.45, 7) is 1.93. The van der Waals surface area contributed by atoms with Crippen LogP contribution in [0, 0.1) is 18.3 Å². The van der Waals surface area contributed by atoms with Crippen LogP contribution in [0.5, 0.6) is 0 Å². The molecule has 1 nitrogen and oxygen atoms in total. The smallest absolute Gasteiger partial charge is 0.100 e. The minimum absolute atomic E-state index is 0.753. The van der Waals surface area contributed by atoms with E-state index in [9.17, 15) is 0 Å². The lowest BCUT2D eigenvalue weighted by atomic mass is 10.1. The highest BCUT2D eigenvalue weighted by Gasteiger charge is 2.07. The van der Waals surface area contributed by atoms with Crippen molar-refractivity contribution in [1.82, 2.24) is 0 Å². The van der Waals surface area contributed by atoms with Gasteiger partial charge >= 0.3 is 0 Å². The lowest BCUT2D eigenvalue weighted by Gasteiger charge is -2.02. The molecule has 64 valence electrons. The molecule has 0 fully saturated rings. The van der Waals surface area contributed by atoms with E-state index in [0.29, 0.717) is 0 Å². The first-order valence-corrected chi connectivity index (χ1v) is 5.16. The molecule has 0 aliphatic rings. The lowest BCUT2D eigenvalue weighted by molar-refractivity contribution is 1.31. The summed E-state index contributed by atoms with van der Waals surface area (Å²) in [7, 11) is 0. The molecule has 0 amide bonds. The van der Waals surface area contributed by atoms with Crippen LogP contribution >= 0.6 is 24.0 Å². The third-order valence-electron chi connectivity index (χ3n) is 2.10. The van der Waals surface area contributed by atoms with Gasteiger partial charge in [-0.05, 0) is 30.0 Å². The lowest BCUT2D eigenvalue weighted by Crippen LogP contribution is -1.84. The second kappa shape index (κ2) is 3.06. The number of nitrogens with zero attached hydrogens (tertiary/aromatic N) is 1. The van der Waals surface area contributed by atoms with Crippen molar-refractivity contribution in [2.45, 2.75) is 11.8 Å². The number of hydrogen-bond acceptors (Lipinski definition) is 3. The highest BCUT2D eigenvalue weighted by atomic mass is 32.1. The summed E-state index contributed by atoms with van der Waals surface area (Å²) in [6, 6.07) is 6.22.